The molecule has 1 aliphatic carbocycles. The first-order valence-corrected chi connectivity index (χ1v) is 9.34. The molecule has 0 radical (unpaired) electrons. The molecule has 0 atom stereocenters. The maximum atomic E-state index is 12.9. The summed E-state index contributed by atoms with van der Waals surface area (Å²) in [6, 6.07) is 6.05. The van der Waals surface area contributed by atoms with Gasteiger partial charge in [0.2, 0.25) is 5.91 Å². The lowest BCUT2D eigenvalue weighted by Crippen LogP contribution is -2.44. The van der Waals surface area contributed by atoms with E-state index in [1.807, 2.05) is 32.0 Å². The topological polar surface area (TPSA) is 75.2 Å². The molecule has 1 heterocycles. The Bertz CT molecular complexity index is 754. The van der Waals surface area contributed by atoms with Gasteiger partial charge in [0.15, 0.2) is 5.69 Å². The van der Waals surface area contributed by atoms with Crippen molar-refractivity contribution in [3.63, 3.8) is 0 Å². The Morgan fingerprint density at radius 3 is 2.68 bits per heavy atom. The minimum Gasteiger partial charge on any atom is -0.352 e. The predicted octanol–water partition coefficient (Wildman–Crippen LogP) is 2.86. The minimum absolute atomic E-state index is 0.0171. The highest BCUT2D eigenvalue weighted by atomic mass is 32.1. The first-order valence-electron chi connectivity index (χ1n) is 8.50. The van der Waals surface area contributed by atoms with Gasteiger partial charge in [0.25, 0.3) is 5.91 Å². The number of hydrogen-bond acceptors (Lipinski definition) is 5. The predicted molar refractivity (Wildman–Crippen MR) is 97.9 cm³/mol. The fourth-order valence-corrected chi connectivity index (χ4v) is 3.69. The second-order valence-corrected chi connectivity index (χ2v) is 7.13. The molecule has 3 rings (SSSR count). The minimum atomic E-state index is -0.303. The zero-order valence-corrected chi connectivity index (χ0v) is 15.3. The fraction of sp³-hybridized carbons (Fsp3) is 0.444. The lowest BCUT2D eigenvalue weighted by atomic mass is 10.1. The first kappa shape index (κ1) is 17.5. The zero-order chi connectivity index (χ0) is 17.8. The van der Waals surface area contributed by atoms with Gasteiger partial charge in [-0.15, -0.1) is 5.10 Å². The van der Waals surface area contributed by atoms with Crippen LogP contribution in [0.5, 0.6) is 0 Å². The quantitative estimate of drug-likeness (QED) is 0.892. The van der Waals surface area contributed by atoms with Crippen molar-refractivity contribution >= 4 is 29.0 Å². The molecule has 132 valence electrons. The van der Waals surface area contributed by atoms with Gasteiger partial charge >= 0.3 is 0 Å². The van der Waals surface area contributed by atoms with E-state index in [1.54, 1.807) is 5.38 Å². The van der Waals surface area contributed by atoms with Crippen LogP contribution in [0.1, 0.15) is 47.3 Å². The monoisotopic (exact) mass is 358 g/mol. The van der Waals surface area contributed by atoms with E-state index in [0.717, 1.165) is 54.0 Å². The molecule has 7 heteroatoms. The van der Waals surface area contributed by atoms with Crippen LogP contribution in [-0.4, -0.2) is 34.0 Å². The van der Waals surface area contributed by atoms with Gasteiger partial charge < -0.3 is 5.32 Å². The molecule has 0 aliphatic heterocycles. The van der Waals surface area contributed by atoms with Gasteiger partial charge in [-0.1, -0.05) is 35.0 Å². The molecule has 2 aromatic rings. The zero-order valence-electron chi connectivity index (χ0n) is 14.5. The van der Waals surface area contributed by atoms with Crippen LogP contribution in [0.4, 0.5) is 5.69 Å². The number of amides is 2. The van der Waals surface area contributed by atoms with E-state index in [-0.39, 0.29) is 30.1 Å². The van der Waals surface area contributed by atoms with Crippen LogP contribution in [-0.2, 0) is 4.79 Å². The Morgan fingerprint density at radius 1 is 1.28 bits per heavy atom. The largest absolute Gasteiger partial charge is 0.352 e. The first-order chi connectivity index (χ1) is 12.0. The van der Waals surface area contributed by atoms with E-state index in [2.05, 4.69) is 14.9 Å². The number of nitrogens with one attached hydrogen (secondary N) is 1. The summed E-state index contributed by atoms with van der Waals surface area (Å²) < 4.78 is 3.76. The van der Waals surface area contributed by atoms with Crippen LogP contribution in [0.3, 0.4) is 0 Å². The summed E-state index contributed by atoms with van der Waals surface area (Å²) in [7, 11) is 0. The third-order valence-corrected chi connectivity index (χ3v) is 4.99. The molecule has 0 saturated heterocycles. The second kappa shape index (κ2) is 7.74. The standard InChI is InChI=1S/C18H22N4O2S/c1-12-7-8-16(13(2)9-12)22(18(24)15-11-25-21-20-15)10-17(23)19-14-5-3-4-6-14/h7-9,11,14H,3-6,10H2,1-2H3,(H,19,23). The fourth-order valence-electron chi connectivity index (χ4n) is 3.26. The van der Waals surface area contributed by atoms with E-state index in [9.17, 15) is 9.59 Å². The SMILES string of the molecule is Cc1ccc(N(CC(=O)NC2CCCC2)C(=O)c2csnn2)c(C)c1. The maximum absolute atomic E-state index is 12.9. The molecule has 0 spiro atoms. The Morgan fingerprint density at radius 2 is 2.04 bits per heavy atom. The van der Waals surface area contributed by atoms with Crippen LogP contribution in [0.25, 0.3) is 0 Å². The highest BCUT2D eigenvalue weighted by molar-refractivity contribution is 7.03. The second-order valence-electron chi connectivity index (χ2n) is 6.52. The van der Waals surface area contributed by atoms with Crippen molar-refractivity contribution in [3.05, 3.63) is 40.4 Å². The molecule has 1 aromatic carbocycles. The van der Waals surface area contributed by atoms with E-state index >= 15 is 0 Å². The summed E-state index contributed by atoms with van der Waals surface area (Å²) in [5.41, 5.74) is 3.05. The van der Waals surface area contributed by atoms with E-state index < -0.39 is 0 Å². The van der Waals surface area contributed by atoms with Crippen molar-refractivity contribution in [2.75, 3.05) is 11.4 Å². The van der Waals surface area contributed by atoms with Crippen molar-refractivity contribution in [1.29, 1.82) is 0 Å². The molecule has 2 amide bonds. The summed E-state index contributed by atoms with van der Waals surface area (Å²) in [5, 5.41) is 8.51. The highest BCUT2D eigenvalue weighted by Gasteiger charge is 2.25. The Kier molecular flexibility index (Phi) is 5.43. The lowest BCUT2D eigenvalue weighted by molar-refractivity contribution is -0.120. The Labute approximate surface area is 151 Å². The number of anilines is 1. The van der Waals surface area contributed by atoms with Gasteiger partial charge in [-0.3, -0.25) is 14.5 Å². The summed E-state index contributed by atoms with van der Waals surface area (Å²) in [4.78, 5) is 26.9. The van der Waals surface area contributed by atoms with Gasteiger partial charge in [0.1, 0.15) is 6.54 Å². The summed E-state index contributed by atoms with van der Waals surface area (Å²) in [6.07, 6.45) is 4.32. The third-order valence-electron chi connectivity index (χ3n) is 4.49. The molecular formula is C18H22N4O2S. The summed E-state index contributed by atoms with van der Waals surface area (Å²) >= 11 is 1.12. The maximum Gasteiger partial charge on any atom is 0.280 e. The number of hydrogen-bond donors (Lipinski definition) is 1. The Hall–Kier alpha value is -2.28. The number of carbonyl (C=O) groups is 2. The number of carbonyl (C=O) groups excluding carboxylic acids is 2. The molecule has 1 N–H and O–H groups in total. The van der Waals surface area contributed by atoms with Crippen molar-refractivity contribution < 1.29 is 9.59 Å². The third kappa shape index (κ3) is 4.22. The van der Waals surface area contributed by atoms with Crippen molar-refractivity contribution in [2.45, 2.75) is 45.6 Å². The van der Waals surface area contributed by atoms with Gasteiger partial charge in [-0.05, 0) is 49.9 Å². The van der Waals surface area contributed by atoms with Crippen LogP contribution in [0, 0.1) is 13.8 Å². The smallest absolute Gasteiger partial charge is 0.280 e. The Balaban J connectivity index is 1.83. The van der Waals surface area contributed by atoms with E-state index in [0.29, 0.717) is 0 Å². The molecule has 0 bridgehead atoms. The summed E-state index contributed by atoms with van der Waals surface area (Å²) in [6.45, 7) is 3.92. The van der Waals surface area contributed by atoms with Crippen LogP contribution in [0.15, 0.2) is 23.6 Å². The normalized spacial score (nSPS) is 14.5. The molecule has 1 aromatic heterocycles. The average Bonchev–Trinajstić information content (AvgIpc) is 3.26. The molecule has 6 nitrogen and oxygen atoms in total. The molecule has 1 aliphatic rings. The average molecular weight is 358 g/mol. The molecular weight excluding hydrogens is 336 g/mol. The number of aromatic nitrogens is 2. The van der Waals surface area contributed by atoms with Crippen molar-refractivity contribution in [1.82, 2.24) is 14.9 Å². The number of nitrogens with zero attached hydrogens (tertiary/aromatic N) is 3. The summed E-state index contributed by atoms with van der Waals surface area (Å²) in [5.74, 6) is -0.439. The van der Waals surface area contributed by atoms with Crippen LogP contribution in [0.2, 0.25) is 0 Å². The number of benzene rings is 1. The van der Waals surface area contributed by atoms with Gasteiger partial charge in [-0.25, -0.2) is 0 Å². The van der Waals surface area contributed by atoms with E-state index in [4.69, 9.17) is 0 Å². The van der Waals surface area contributed by atoms with Gasteiger partial charge in [0, 0.05) is 17.1 Å². The number of aryl methyl sites for hydroxylation is 2. The van der Waals surface area contributed by atoms with Crippen LogP contribution < -0.4 is 10.2 Å². The molecule has 25 heavy (non-hydrogen) atoms. The van der Waals surface area contributed by atoms with E-state index in [1.165, 1.54) is 4.90 Å². The lowest BCUT2D eigenvalue weighted by Gasteiger charge is -2.24. The van der Waals surface area contributed by atoms with Crippen molar-refractivity contribution in [3.8, 4) is 0 Å². The van der Waals surface area contributed by atoms with Gasteiger partial charge in [-0.2, -0.15) is 0 Å². The highest BCUT2D eigenvalue weighted by Crippen LogP contribution is 2.23. The number of rotatable bonds is 5. The van der Waals surface area contributed by atoms with Crippen molar-refractivity contribution in [2.24, 2.45) is 0 Å². The molecule has 1 fully saturated rings. The molecule has 1 saturated carbocycles. The van der Waals surface area contributed by atoms with Gasteiger partial charge in [0.05, 0.1) is 0 Å². The van der Waals surface area contributed by atoms with Crippen LogP contribution >= 0.6 is 11.5 Å². The molecule has 0 unspecified atom stereocenters.